The maximum absolute atomic E-state index is 12.2. The monoisotopic (exact) mass is 324 g/mol. The number of thioether (sulfide) groups is 1. The van der Waals surface area contributed by atoms with Crippen LogP contribution >= 0.6 is 11.8 Å². The molecule has 0 spiro atoms. The molecule has 3 aromatic rings. The summed E-state index contributed by atoms with van der Waals surface area (Å²) < 4.78 is 0. The lowest BCUT2D eigenvalue weighted by Crippen LogP contribution is -2.49. The van der Waals surface area contributed by atoms with E-state index in [1.54, 1.807) is 24.2 Å². The molecule has 1 N–H and O–H groups in total. The zero-order chi connectivity index (χ0) is 15.6. The van der Waals surface area contributed by atoms with Crippen LogP contribution in [-0.4, -0.2) is 44.6 Å². The molecule has 4 rings (SSSR count). The van der Waals surface area contributed by atoms with Crippen molar-refractivity contribution in [2.75, 3.05) is 18.8 Å². The van der Waals surface area contributed by atoms with E-state index in [9.17, 15) is 4.79 Å². The number of rotatable bonds is 4. The van der Waals surface area contributed by atoms with E-state index in [1.165, 1.54) is 0 Å². The number of hydrogen-bond donors (Lipinski definition) is 1. The number of nitrogens with zero attached hydrogens (tertiary/aromatic N) is 3. The molecule has 1 aliphatic rings. The number of hydrogen-bond acceptors (Lipinski definition) is 4. The van der Waals surface area contributed by atoms with Gasteiger partial charge in [-0.15, -0.1) is 11.8 Å². The van der Waals surface area contributed by atoms with Crippen molar-refractivity contribution in [3.05, 3.63) is 54.6 Å². The molecule has 5 nitrogen and oxygen atoms in total. The average molecular weight is 324 g/mol. The van der Waals surface area contributed by atoms with E-state index in [2.05, 4.69) is 15.0 Å². The highest BCUT2D eigenvalue weighted by Gasteiger charge is 2.33. The van der Waals surface area contributed by atoms with Gasteiger partial charge in [0.1, 0.15) is 5.82 Å². The summed E-state index contributed by atoms with van der Waals surface area (Å²) in [5.41, 5.74) is 2.04. The summed E-state index contributed by atoms with van der Waals surface area (Å²) in [4.78, 5) is 27.1. The Bertz CT molecular complexity index is 794. The number of imidazole rings is 1. The van der Waals surface area contributed by atoms with Crippen LogP contribution in [0.2, 0.25) is 0 Å². The average Bonchev–Trinajstić information content (AvgIpc) is 2.96. The van der Waals surface area contributed by atoms with E-state index in [-0.39, 0.29) is 5.91 Å². The third-order valence-electron chi connectivity index (χ3n) is 4.04. The molecule has 1 aliphatic heterocycles. The second kappa shape index (κ2) is 6.04. The molecule has 1 saturated heterocycles. The molecular formula is C17H16N4OS. The Morgan fingerprint density at radius 2 is 2.00 bits per heavy atom. The van der Waals surface area contributed by atoms with Crippen molar-refractivity contribution in [3.63, 3.8) is 0 Å². The van der Waals surface area contributed by atoms with Crippen molar-refractivity contribution in [1.29, 1.82) is 0 Å². The standard InChI is InChI=1S/C17H16N4OS/c22-16(11-23-13-5-7-18-8-6-13)21-9-12(10-21)17-19-14-3-1-2-4-15(14)20-17/h1-8,12H,9-11H2,(H,19,20). The smallest absolute Gasteiger partial charge is 0.232 e. The van der Waals surface area contributed by atoms with Crippen LogP contribution in [0.4, 0.5) is 0 Å². The minimum atomic E-state index is 0.180. The third kappa shape index (κ3) is 2.94. The molecule has 0 aliphatic carbocycles. The van der Waals surface area contributed by atoms with Crippen molar-refractivity contribution in [1.82, 2.24) is 19.9 Å². The number of aromatic amines is 1. The van der Waals surface area contributed by atoms with Crippen molar-refractivity contribution in [2.45, 2.75) is 10.8 Å². The van der Waals surface area contributed by atoms with Crippen LogP contribution in [0.15, 0.2) is 53.7 Å². The first-order chi connectivity index (χ1) is 11.3. The molecule has 1 aromatic carbocycles. The normalized spacial score (nSPS) is 14.9. The SMILES string of the molecule is O=C(CSc1ccncc1)N1CC(c2nc3ccccc3[nH]2)C1. The number of fused-ring (bicyclic) bond motifs is 1. The molecule has 3 heterocycles. The molecule has 0 atom stereocenters. The Labute approximate surface area is 138 Å². The number of para-hydroxylation sites is 2. The van der Waals surface area contributed by atoms with Crippen LogP contribution in [0.5, 0.6) is 0 Å². The highest BCUT2D eigenvalue weighted by Crippen LogP contribution is 2.28. The molecule has 0 saturated carbocycles. The van der Waals surface area contributed by atoms with Gasteiger partial charge in [-0.25, -0.2) is 4.98 Å². The Kier molecular flexibility index (Phi) is 3.75. The molecule has 6 heteroatoms. The second-order valence-corrected chi connectivity index (χ2v) is 6.66. The van der Waals surface area contributed by atoms with Gasteiger partial charge in [0.05, 0.1) is 22.7 Å². The number of amides is 1. The summed E-state index contributed by atoms with van der Waals surface area (Å²) in [6, 6.07) is 11.9. The Morgan fingerprint density at radius 3 is 2.78 bits per heavy atom. The quantitative estimate of drug-likeness (QED) is 0.750. The van der Waals surface area contributed by atoms with E-state index >= 15 is 0 Å². The van der Waals surface area contributed by atoms with Gasteiger partial charge in [-0.05, 0) is 24.3 Å². The van der Waals surface area contributed by atoms with Gasteiger partial charge in [0.25, 0.3) is 0 Å². The number of likely N-dealkylation sites (tertiary alicyclic amines) is 1. The first-order valence-corrected chi connectivity index (χ1v) is 8.53. The number of H-pyrrole nitrogens is 1. The van der Waals surface area contributed by atoms with E-state index in [0.717, 1.165) is 34.8 Å². The molecule has 1 fully saturated rings. The van der Waals surface area contributed by atoms with Gasteiger partial charge in [-0.1, -0.05) is 12.1 Å². The number of aromatic nitrogens is 3. The van der Waals surface area contributed by atoms with E-state index < -0.39 is 0 Å². The predicted octanol–water partition coefficient (Wildman–Crippen LogP) is 2.68. The second-order valence-electron chi connectivity index (χ2n) is 5.61. The van der Waals surface area contributed by atoms with Gasteiger partial charge in [0, 0.05) is 30.4 Å². The number of carbonyl (C=O) groups excluding carboxylic acids is 1. The van der Waals surface area contributed by atoms with Gasteiger partial charge < -0.3 is 9.88 Å². The molecule has 0 unspecified atom stereocenters. The summed E-state index contributed by atoms with van der Waals surface area (Å²) >= 11 is 1.55. The van der Waals surface area contributed by atoms with Crippen LogP contribution < -0.4 is 0 Å². The fourth-order valence-corrected chi connectivity index (χ4v) is 3.48. The number of benzene rings is 1. The van der Waals surface area contributed by atoms with E-state index in [0.29, 0.717) is 11.7 Å². The number of pyridine rings is 1. The van der Waals surface area contributed by atoms with Crippen molar-refractivity contribution in [3.8, 4) is 0 Å². The summed E-state index contributed by atoms with van der Waals surface area (Å²) in [5, 5.41) is 0. The Morgan fingerprint density at radius 1 is 1.22 bits per heavy atom. The Hall–Kier alpha value is -2.34. The fourth-order valence-electron chi connectivity index (χ4n) is 2.69. The van der Waals surface area contributed by atoms with Crippen molar-refractivity contribution in [2.24, 2.45) is 0 Å². The van der Waals surface area contributed by atoms with Crippen LogP contribution in [0.25, 0.3) is 11.0 Å². The lowest BCUT2D eigenvalue weighted by molar-refractivity contribution is -0.132. The molecular weight excluding hydrogens is 308 g/mol. The topological polar surface area (TPSA) is 61.9 Å². The minimum Gasteiger partial charge on any atom is -0.342 e. The molecule has 0 radical (unpaired) electrons. The molecule has 2 aromatic heterocycles. The summed E-state index contributed by atoms with van der Waals surface area (Å²) in [7, 11) is 0. The molecule has 116 valence electrons. The van der Waals surface area contributed by atoms with E-state index in [4.69, 9.17) is 0 Å². The number of carbonyl (C=O) groups is 1. The van der Waals surface area contributed by atoms with E-state index in [1.807, 2.05) is 41.3 Å². The summed E-state index contributed by atoms with van der Waals surface area (Å²) in [6.07, 6.45) is 3.49. The van der Waals surface area contributed by atoms with Crippen LogP contribution in [0.3, 0.4) is 0 Å². The van der Waals surface area contributed by atoms with Crippen LogP contribution in [0.1, 0.15) is 11.7 Å². The maximum atomic E-state index is 12.2. The van der Waals surface area contributed by atoms with Crippen LogP contribution in [0, 0.1) is 0 Å². The molecule has 1 amide bonds. The lowest BCUT2D eigenvalue weighted by Gasteiger charge is -2.38. The highest BCUT2D eigenvalue weighted by molar-refractivity contribution is 8.00. The highest BCUT2D eigenvalue weighted by atomic mass is 32.2. The summed E-state index contributed by atoms with van der Waals surface area (Å²) in [6.45, 7) is 1.49. The first-order valence-electron chi connectivity index (χ1n) is 7.55. The van der Waals surface area contributed by atoms with Gasteiger partial charge in [-0.3, -0.25) is 9.78 Å². The first kappa shape index (κ1) is 14.3. The van der Waals surface area contributed by atoms with Crippen molar-refractivity contribution < 1.29 is 4.79 Å². The number of nitrogens with one attached hydrogen (secondary N) is 1. The van der Waals surface area contributed by atoms with Gasteiger partial charge >= 0.3 is 0 Å². The largest absolute Gasteiger partial charge is 0.342 e. The third-order valence-corrected chi connectivity index (χ3v) is 5.04. The zero-order valence-electron chi connectivity index (χ0n) is 12.5. The summed E-state index contributed by atoms with van der Waals surface area (Å²) in [5.74, 6) is 1.95. The van der Waals surface area contributed by atoms with Crippen molar-refractivity contribution >= 4 is 28.7 Å². The lowest BCUT2D eigenvalue weighted by atomic mass is 10.00. The van der Waals surface area contributed by atoms with Gasteiger partial charge in [0.15, 0.2) is 0 Å². The van der Waals surface area contributed by atoms with Gasteiger partial charge in [0.2, 0.25) is 5.91 Å². The fraction of sp³-hybridized carbons (Fsp3) is 0.235. The molecule has 23 heavy (non-hydrogen) atoms. The Balaban J connectivity index is 1.33. The minimum absolute atomic E-state index is 0.180. The van der Waals surface area contributed by atoms with Crippen LogP contribution in [-0.2, 0) is 4.79 Å². The predicted molar refractivity (Wildman–Crippen MR) is 90.4 cm³/mol. The van der Waals surface area contributed by atoms with Gasteiger partial charge in [-0.2, -0.15) is 0 Å². The maximum Gasteiger partial charge on any atom is 0.232 e. The zero-order valence-corrected chi connectivity index (χ0v) is 13.3. The molecule has 0 bridgehead atoms.